The number of ether oxygens (including phenoxy) is 3. The van der Waals surface area contributed by atoms with E-state index in [0.717, 1.165) is 0 Å². The molecule has 2 aliphatic heterocycles. The highest BCUT2D eigenvalue weighted by atomic mass is 16.7. The van der Waals surface area contributed by atoms with Crippen LogP contribution in [0.5, 0.6) is 0 Å². The smallest absolute Gasteiger partial charge is 0.163 e. The lowest BCUT2D eigenvalue weighted by molar-refractivity contribution is -0.350. The summed E-state index contributed by atoms with van der Waals surface area (Å²) >= 11 is 0. The quantitative estimate of drug-likeness (QED) is 0.654. The topological polar surface area (TPSA) is 47.9 Å². The van der Waals surface area contributed by atoms with Gasteiger partial charge in [-0.2, -0.15) is 0 Å². The predicted octanol–water partition coefficient (Wildman–Crippen LogP) is 0.922. The van der Waals surface area contributed by atoms with E-state index >= 15 is 0 Å². The maximum absolute atomic E-state index is 10.1. The molecule has 5 atom stereocenters. The third-order valence-corrected chi connectivity index (χ3v) is 3.39. The van der Waals surface area contributed by atoms with Gasteiger partial charge in [-0.15, -0.1) is 0 Å². The molecule has 0 aliphatic carbocycles. The summed E-state index contributed by atoms with van der Waals surface area (Å²) in [6.07, 6.45) is -0.823. The number of rotatable bonds is 0. The van der Waals surface area contributed by atoms with Crippen molar-refractivity contribution in [1.29, 1.82) is 0 Å². The Kier molecular flexibility index (Phi) is 2.79. The molecule has 2 fully saturated rings. The standard InChI is InChI=1S/C11H20O4/c1-6-7(2)14-8-5-13-11(3,4)15-10(8)9(6)12/h6-10,12H,5H2,1-4H3/t6?,7-,8?,9+,10+/m0/s1. The fourth-order valence-corrected chi connectivity index (χ4v) is 2.20. The lowest BCUT2D eigenvalue weighted by Crippen LogP contribution is -2.61. The average Bonchev–Trinajstić information content (AvgIpc) is 2.16. The normalized spacial score (nSPS) is 49.8. The third kappa shape index (κ3) is 2.04. The minimum absolute atomic E-state index is 0.0506. The Balaban J connectivity index is 2.12. The SMILES string of the molecule is CC1[C@H](C)OC2COC(C)(C)O[C@H]2[C@@H]1O. The highest BCUT2D eigenvalue weighted by molar-refractivity contribution is 4.92. The first-order valence-electron chi connectivity index (χ1n) is 5.56. The molecule has 4 heteroatoms. The zero-order valence-electron chi connectivity index (χ0n) is 9.77. The van der Waals surface area contributed by atoms with E-state index in [1.165, 1.54) is 0 Å². The van der Waals surface area contributed by atoms with Crippen molar-refractivity contribution in [3.63, 3.8) is 0 Å². The summed E-state index contributed by atoms with van der Waals surface area (Å²) in [5.41, 5.74) is 0. The zero-order chi connectivity index (χ0) is 11.2. The van der Waals surface area contributed by atoms with E-state index in [-0.39, 0.29) is 24.2 Å². The largest absolute Gasteiger partial charge is 0.390 e. The van der Waals surface area contributed by atoms with Crippen LogP contribution in [0, 0.1) is 5.92 Å². The molecule has 0 radical (unpaired) electrons. The highest BCUT2D eigenvalue weighted by Crippen LogP contribution is 2.34. The Labute approximate surface area is 90.5 Å². The third-order valence-electron chi connectivity index (χ3n) is 3.39. The van der Waals surface area contributed by atoms with Crippen molar-refractivity contribution in [1.82, 2.24) is 0 Å². The summed E-state index contributed by atoms with van der Waals surface area (Å²) in [6, 6.07) is 0. The van der Waals surface area contributed by atoms with Crippen LogP contribution in [0.1, 0.15) is 27.7 Å². The Morgan fingerprint density at radius 1 is 1.27 bits per heavy atom. The molecular formula is C11H20O4. The van der Waals surface area contributed by atoms with Crippen molar-refractivity contribution in [2.75, 3.05) is 6.61 Å². The first kappa shape index (κ1) is 11.3. The molecule has 4 nitrogen and oxygen atoms in total. The van der Waals surface area contributed by atoms with Crippen LogP contribution >= 0.6 is 0 Å². The van der Waals surface area contributed by atoms with Crippen molar-refractivity contribution in [3.8, 4) is 0 Å². The molecule has 2 unspecified atom stereocenters. The van der Waals surface area contributed by atoms with E-state index in [9.17, 15) is 5.11 Å². The van der Waals surface area contributed by atoms with Gasteiger partial charge >= 0.3 is 0 Å². The second kappa shape index (κ2) is 3.70. The molecule has 0 bridgehead atoms. The van der Waals surface area contributed by atoms with Gasteiger partial charge in [0.2, 0.25) is 0 Å². The van der Waals surface area contributed by atoms with E-state index in [0.29, 0.717) is 6.61 Å². The van der Waals surface area contributed by atoms with E-state index < -0.39 is 11.9 Å². The van der Waals surface area contributed by atoms with Gasteiger partial charge < -0.3 is 19.3 Å². The lowest BCUT2D eigenvalue weighted by atomic mass is 9.88. The molecule has 2 rings (SSSR count). The molecule has 2 saturated heterocycles. The molecule has 1 N–H and O–H groups in total. The summed E-state index contributed by atoms with van der Waals surface area (Å²) < 4.78 is 17.0. The van der Waals surface area contributed by atoms with Crippen LogP contribution < -0.4 is 0 Å². The van der Waals surface area contributed by atoms with Gasteiger partial charge in [0.1, 0.15) is 12.2 Å². The second-order valence-electron chi connectivity index (χ2n) is 5.02. The Morgan fingerprint density at radius 3 is 2.60 bits per heavy atom. The van der Waals surface area contributed by atoms with Crippen molar-refractivity contribution in [2.24, 2.45) is 5.92 Å². The van der Waals surface area contributed by atoms with Gasteiger partial charge in [-0.25, -0.2) is 0 Å². The summed E-state index contributed by atoms with van der Waals surface area (Å²) in [5.74, 6) is -0.522. The van der Waals surface area contributed by atoms with Gasteiger partial charge in [0.15, 0.2) is 5.79 Å². The highest BCUT2D eigenvalue weighted by Gasteiger charge is 2.47. The number of hydrogen-bond donors (Lipinski definition) is 1. The summed E-state index contributed by atoms with van der Waals surface area (Å²) in [7, 11) is 0. The van der Waals surface area contributed by atoms with Crippen molar-refractivity contribution < 1.29 is 19.3 Å². The Hall–Kier alpha value is -0.160. The fourth-order valence-electron chi connectivity index (χ4n) is 2.20. The van der Waals surface area contributed by atoms with Crippen LogP contribution in [0.2, 0.25) is 0 Å². The van der Waals surface area contributed by atoms with Gasteiger partial charge in [0.25, 0.3) is 0 Å². The summed E-state index contributed by atoms with van der Waals surface area (Å²) in [4.78, 5) is 0. The first-order chi connectivity index (χ1) is 6.91. The van der Waals surface area contributed by atoms with Gasteiger partial charge in [0, 0.05) is 5.92 Å². The lowest BCUT2D eigenvalue weighted by Gasteiger charge is -2.49. The van der Waals surface area contributed by atoms with Gasteiger partial charge in [-0.3, -0.25) is 0 Å². The van der Waals surface area contributed by atoms with E-state index in [2.05, 4.69) is 0 Å². The van der Waals surface area contributed by atoms with E-state index in [4.69, 9.17) is 14.2 Å². The molecule has 0 amide bonds. The predicted molar refractivity (Wildman–Crippen MR) is 54.4 cm³/mol. The van der Waals surface area contributed by atoms with Crippen molar-refractivity contribution in [2.45, 2.75) is 57.9 Å². The minimum atomic E-state index is -0.619. The van der Waals surface area contributed by atoms with Gasteiger partial charge in [-0.05, 0) is 20.8 Å². The maximum Gasteiger partial charge on any atom is 0.163 e. The van der Waals surface area contributed by atoms with E-state index in [1.807, 2.05) is 27.7 Å². The number of aliphatic hydroxyl groups excluding tert-OH is 1. The minimum Gasteiger partial charge on any atom is -0.390 e. The Bertz CT molecular complexity index is 239. The number of hydrogen-bond acceptors (Lipinski definition) is 4. The second-order valence-corrected chi connectivity index (χ2v) is 5.02. The first-order valence-corrected chi connectivity index (χ1v) is 5.56. The fraction of sp³-hybridized carbons (Fsp3) is 1.00. The summed E-state index contributed by atoms with van der Waals surface area (Å²) in [5, 5.41) is 10.1. The Morgan fingerprint density at radius 2 is 1.93 bits per heavy atom. The van der Waals surface area contributed by atoms with Crippen LogP contribution in [0.15, 0.2) is 0 Å². The van der Waals surface area contributed by atoms with E-state index in [1.54, 1.807) is 0 Å². The monoisotopic (exact) mass is 216 g/mol. The molecule has 2 aliphatic rings. The van der Waals surface area contributed by atoms with Crippen LogP contribution in [0.25, 0.3) is 0 Å². The van der Waals surface area contributed by atoms with Crippen molar-refractivity contribution >= 4 is 0 Å². The van der Waals surface area contributed by atoms with Crippen LogP contribution in [-0.2, 0) is 14.2 Å². The molecule has 0 saturated carbocycles. The number of fused-ring (bicyclic) bond motifs is 1. The van der Waals surface area contributed by atoms with Gasteiger partial charge in [-0.1, -0.05) is 6.92 Å². The average molecular weight is 216 g/mol. The van der Waals surface area contributed by atoms with Crippen LogP contribution in [0.4, 0.5) is 0 Å². The maximum atomic E-state index is 10.1. The molecule has 0 aromatic carbocycles. The molecule has 0 aromatic rings. The van der Waals surface area contributed by atoms with Crippen LogP contribution in [0.3, 0.4) is 0 Å². The molecular weight excluding hydrogens is 196 g/mol. The molecule has 88 valence electrons. The molecule has 0 aromatic heterocycles. The van der Waals surface area contributed by atoms with Crippen LogP contribution in [-0.4, -0.2) is 41.9 Å². The van der Waals surface area contributed by atoms with Gasteiger partial charge in [0.05, 0.1) is 18.8 Å². The molecule has 15 heavy (non-hydrogen) atoms. The molecule has 2 heterocycles. The molecule has 0 spiro atoms. The summed E-state index contributed by atoms with van der Waals surface area (Å²) in [6.45, 7) is 8.17. The van der Waals surface area contributed by atoms with Crippen molar-refractivity contribution in [3.05, 3.63) is 0 Å². The number of aliphatic hydroxyl groups is 1. The zero-order valence-corrected chi connectivity index (χ0v) is 9.77.